The number of phenols is 1. The highest BCUT2D eigenvalue weighted by Crippen LogP contribution is 2.34. The third-order valence-electron chi connectivity index (χ3n) is 7.31. The number of ether oxygens (including phenoxy) is 5. The maximum atomic E-state index is 12.8. The van der Waals surface area contributed by atoms with Crippen LogP contribution in [0.2, 0.25) is 0 Å². The van der Waals surface area contributed by atoms with Crippen molar-refractivity contribution in [3.63, 3.8) is 0 Å². The van der Waals surface area contributed by atoms with Gasteiger partial charge in [0.15, 0.2) is 11.7 Å². The normalized spacial score (nSPS) is 33.4. The Labute approximate surface area is 238 Å². The molecule has 0 amide bonds. The summed E-state index contributed by atoms with van der Waals surface area (Å²) >= 11 is 0. The molecular formula is C28H32O14. The number of hydrogen-bond acceptors (Lipinski definition) is 14. The smallest absolute Gasteiger partial charge is 0.229 e. The van der Waals surface area contributed by atoms with Crippen LogP contribution in [-0.2, 0) is 14.2 Å². The van der Waals surface area contributed by atoms with Gasteiger partial charge in [0.2, 0.25) is 6.29 Å². The molecular weight excluding hydrogens is 560 g/mol. The molecule has 228 valence electrons. The second kappa shape index (κ2) is 12.1. The fourth-order valence-electron chi connectivity index (χ4n) is 4.84. The number of phenolic OH excluding ortho intramolecular Hbond substituents is 1. The molecule has 0 unspecified atom stereocenters. The van der Waals surface area contributed by atoms with Crippen molar-refractivity contribution in [2.75, 3.05) is 13.7 Å². The van der Waals surface area contributed by atoms with Crippen molar-refractivity contribution in [1.29, 1.82) is 0 Å². The van der Waals surface area contributed by atoms with Crippen LogP contribution in [-0.4, -0.2) is 111 Å². The molecule has 10 atom stereocenters. The summed E-state index contributed by atoms with van der Waals surface area (Å²) < 4.78 is 33.2. The van der Waals surface area contributed by atoms with Crippen LogP contribution in [0.3, 0.4) is 0 Å². The third kappa shape index (κ3) is 5.81. The zero-order chi connectivity index (χ0) is 30.3. The topological polar surface area (TPSA) is 218 Å². The predicted octanol–water partition coefficient (Wildman–Crippen LogP) is -0.795. The molecule has 0 spiro atoms. The zero-order valence-electron chi connectivity index (χ0n) is 22.5. The Bertz CT molecular complexity index is 1440. The van der Waals surface area contributed by atoms with Gasteiger partial charge in [-0.3, -0.25) is 4.79 Å². The Balaban J connectivity index is 1.35. The lowest BCUT2D eigenvalue weighted by molar-refractivity contribution is -0.318. The Morgan fingerprint density at radius 3 is 2.14 bits per heavy atom. The maximum Gasteiger partial charge on any atom is 0.229 e. The molecule has 14 nitrogen and oxygen atoms in total. The van der Waals surface area contributed by atoms with Crippen molar-refractivity contribution in [3.8, 4) is 28.6 Å². The fourth-order valence-corrected chi connectivity index (χ4v) is 4.84. The minimum absolute atomic E-state index is 0.0348. The standard InChI is InChI=1S/C28H32O14/c1-11-21(31)23(33)25(35)27(39-11)38-10-19-22(32)24(34)26(36)28(42-19)40-14-7-15(29)20-16(30)9-17(41-18(20)8-14)12-3-5-13(37-2)6-4-12/h3-9,11,19,21-29,31-36H,10H2,1-2H3/t11-,19+,21-,22+,23+,24-,25+,26+,27-,28+/m1/s1. The van der Waals surface area contributed by atoms with E-state index in [1.165, 1.54) is 26.2 Å². The van der Waals surface area contributed by atoms with Gasteiger partial charge in [0.05, 0.1) is 19.8 Å². The molecule has 0 aliphatic carbocycles. The number of methoxy groups -OCH3 is 1. The largest absolute Gasteiger partial charge is 0.507 e. The molecule has 2 fully saturated rings. The molecule has 0 radical (unpaired) electrons. The van der Waals surface area contributed by atoms with E-state index in [1.54, 1.807) is 24.3 Å². The van der Waals surface area contributed by atoms with E-state index >= 15 is 0 Å². The van der Waals surface area contributed by atoms with Crippen molar-refractivity contribution in [2.45, 2.75) is 68.3 Å². The summed E-state index contributed by atoms with van der Waals surface area (Å²) in [6, 6.07) is 10.4. The van der Waals surface area contributed by atoms with Gasteiger partial charge in [0.1, 0.15) is 76.7 Å². The molecule has 5 rings (SSSR count). The molecule has 2 aliphatic rings. The fraction of sp³-hybridized carbons (Fsp3) is 0.464. The van der Waals surface area contributed by atoms with Crippen molar-refractivity contribution >= 4 is 11.0 Å². The third-order valence-corrected chi connectivity index (χ3v) is 7.31. The van der Waals surface area contributed by atoms with Crippen LogP contribution in [0.1, 0.15) is 6.92 Å². The number of aliphatic hydroxyl groups excluding tert-OH is 6. The van der Waals surface area contributed by atoms with Crippen LogP contribution in [0.15, 0.2) is 51.7 Å². The average molecular weight is 593 g/mol. The number of fused-ring (bicyclic) bond motifs is 1. The maximum absolute atomic E-state index is 12.8. The number of hydrogen-bond donors (Lipinski definition) is 7. The van der Waals surface area contributed by atoms with E-state index in [9.17, 15) is 40.5 Å². The summed E-state index contributed by atoms with van der Waals surface area (Å²) in [5.41, 5.74) is 0.0115. The quantitative estimate of drug-likeness (QED) is 0.179. The van der Waals surface area contributed by atoms with Gasteiger partial charge in [0, 0.05) is 23.8 Å². The zero-order valence-corrected chi connectivity index (χ0v) is 22.5. The molecule has 42 heavy (non-hydrogen) atoms. The number of benzene rings is 2. The molecule has 1 aromatic heterocycles. The van der Waals surface area contributed by atoms with Crippen LogP contribution >= 0.6 is 0 Å². The minimum atomic E-state index is -1.76. The highest BCUT2D eigenvalue weighted by Gasteiger charge is 2.47. The molecule has 2 aromatic carbocycles. The minimum Gasteiger partial charge on any atom is -0.507 e. The molecule has 2 saturated heterocycles. The van der Waals surface area contributed by atoms with Gasteiger partial charge >= 0.3 is 0 Å². The lowest BCUT2D eigenvalue weighted by Gasteiger charge is -2.42. The van der Waals surface area contributed by atoms with E-state index in [0.29, 0.717) is 11.3 Å². The van der Waals surface area contributed by atoms with Crippen LogP contribution in [0, 0.1) is 0 Å². The van der Waals surface area contributed by atoms with E-state index in [4.69, 9.17) is 28.1 Å². The lowest BCUT2D eigenvalue weighted by Crippen LogP contribution is -2.61. The molecule has 0 saturated carbocycles. The Morgan fingerprint density at radius 2 is 1.45 bits per heavy atom. The van der Waals surface area contributed by atoms with Gasteiger partial charge in [0.25, 0.3) is 0 Å². The second-order valence-corrected chi connectivity index (χ2v) is 10.2. The molecule has 2 aliphatic heterocycles. The molecule has 7 N–H and O–H groups in total. The predicted molar refractivity (Wildman–Crippen MR) is 142 cm³/mol. The van der Waals surface area contributed by atoms with E-state index in [1.807, 2.05) is 0 Å². The summed E-state index contributed by atoms with van der Waals surface area (Å²) in [6.45, 7) is 0.984. The first-order valence-electron chi connectivity index (χ1n) is 13.1. The first-order valence-corrected chi connectivity index (χ1v) is 13.1. The van der Waals surface area contributed by atoms with Crippen molar-refractivity contribution < 1.29 is 63.8 Å². The Kier molecular flexibility index (Phi) is 8.71. The van der Waals surface area contributed by atoms with E-state index < -0.39 is 79.2 Å². The average Bonchev–Trinajstić information content (AvgIpc) is 2.97. The van der Waals surface area contributed by atoms with Crippen LogP contribution in [0.4, 0.5) is 0 Å². The van der Waals surface area contributed by atoms with Crippen LogP contribution in [0.25, 0.3) is 22.3 Å². The van der Waals surface area contributed by atoms with Gasteiger partial charge in [-0.2, -0.15) is 0 Å². The number of rotatable bonds is 7. The first kappa shape index (κ1) is 30.2. The van der Waals surface area contributed by atoms with Crippen molar-refractivity contribution in [1.82, 2.24) is 0 Å². The molecule has 3 aromatic rings. The van der Waals surface area contributed by atoms with Gasteiger partial charge in [-0.25, -0.2) is 0 Å². The van der Waals surface area contributed by atoms with E-state index in [-0.39, 0.29) is 22.5 Å². The van der Waals surface area contributed by atoms with Crippen LogP contribution < -0.4 is 14.9 Å². The summed E-state index contributed by atoms with van der Waals surface area (Å²) in [5.74, 6) is 0.238. The Morgan fingerprint density at radius 1 is 0.786 bits per heavy atom. The molecule has 0 bridgehead atoms. The summed E-state index contributed by atoms with van der Waals surface area (Å²) in [7, 11) is 1.52. The summed E-state index contributed by atoms with van der Waals surface area (Å²) in [6.07, 6.45) is -14.8. The van der Waals surface area contributed by atoms with Gasteiger partial charge < -0.3 is 63.8 Å². The van der Waals surface area contributed by atoms with E-state index in [2.05, 4.69) is 0 Å². The van der Waals surface area contributed by atoms with Gasteiger partial charge in [-0.15, -0.1) is 0 Å². The first-order chi connectivity index (χ1) is 20.0. The number of aliphatic hydroxyl groups is 6. The highest BCUT2D eigenvalue weighted by atomic mass is 16.7. The van der Waals surface area contributed by atoms with E-state index in [0.717, 1.165) is 6.07 Å². The number of aromatic hydroxyl groups is 1. The van der Waals surface area contributed by atoms with Gasteiger partial charge in [-0.1, -0.05) is 0 Å². The highest BCUT2D eigenvalue weighted by molar-refractivity contribution is 5.86. The monoisotopic (exact) mass is 592 g/mol. The summed E-state index contributed by atoms with van der Waals surface area (Å²) in [4.78, 5) is 12.8. The summed E-state index contributed by atoms with van der Waals surface area (Å²) in [5, 5.41) is 71.9. The van der Waals surface area contributed by atoms with Gasteiger partial charge in [-0.05, 0) is 31.2 Å². The van der Waals surface area contributed by atoms with Crippen molar-refractivity contribution in [2.24, 2.45) is 0 Å². The molecule has 3 heterocycles. The molecule has 14 heteroatoms. The Hall–Kier alpha value is -3.31. The lowest BCUT2D eigenvalue weighted by atomic mass is 9.98. The second-order valence-electron chi connectivity index (χ2n) is 10.2. The van der Waals surface area contributed by atoms with Crippen LogP contribution in [0.5, 0.6) is 17.2 Å². The SMILES string of the molecule is COc1ccc(-c2cc(=O)c3c(O)cc(O[C@H]4O[C@@H](CO[C@@H]5O[C@H](C)[C@@H](O)[C@H](O)[C@@H]5O)[C@H](O)[C@@H](O)[C@@H]4O)cc3o2)cc1. The van der Waals surface area contributed by atoms with Crippen molar-refractivity contribution in [3.05, 3.63) is 52.7 Å².